The van der Waals surface area contributed by atoms with Crippen LogP contribution in [0, 0.1) is 17.8 Å². The largest absolute Gasteiger partial charge is 0.465 e. The first kappa shape index (κ1) is 39.8. The van der Waals surface area contributed by atoms with E-state index < -0.39 is 0 Å². The molecule has 47 heavy (non-hydrogen) atoms. The Morgan fingerprint density at radius 2 is 1.15 bits per heavy atom. The van der Waals surface area contributed by atoms with Crippen molar-refractivity contribution in [2.75, 3.05) is 6.61 Å². The van der Waals surface area contributed by atoms with Crippen LogP contribution in [0.3, 0.4) is 0 Å². The number of rotatable bonds is 9. The third-order valence-corrected chi connectivity index (χ3v) is 7.81. The lowest BCUT2D eigenvalue weighted by molar-refractivity contribution is -0.144. The summed E-state index contributed by atoms with van der Waals surface area (Å²) in [5.41, 5.74) is 7.85. The minimum atomic E-state index is -0.0764. The van der Waals surface area contributed by atoms with Gasteiger partial charge in [-0.05, 0) is 82.0 Å². The molecule has 0 radical (unpaired) electrons. The molecule has 5 rings (SSSR count). The van der Waals surface area contributed by atoms with Gasteiger partial charge in [-0.2, -0.15) is 0 Å². The molecular weight excluding hydrogens is 596 g/mol. The molecule has 0 spiro atoms. The van der Waals surface area contributed by atoms with Gasteiger partial charge in [0.25, 0.3) is 0 Å². The second kappa shape index (κ2) is 21.5. The molecule has 1 aliphatic carbocycles. The molecule has 0 atom stereocenters. The Hall–Kier alpha value is -3.36. The summed E-state index contributed by atoms with van der Waals surface area (Å²) in [5, 5.41) is 0.810. The van der Waals surface area contributed by atoms with Crippen molar-refractivity contribution in [3.05, 3.63) is 130 Å². The topological polar surface area (TPSA) is 26.3 Å². The number of halogens is 1. The van der Waals surface area contributed by atoms with E-state index in [0.717, 1.165) is 29.7 Å². The lowest BCUT2D eigenvalue weighted by Crippen LogP contribution is -2.12. The van der Waals surface area contributed by atoms with E-state index in [9.17, 15) is 4.79 Å². The van der Waals surface area contributed by atoms with E-state index in [2.05, 4.69) is 153 Å². The molecule has 0 fully saturated rings. The van der Waals surface area contributed by atoms with Crippen molar-refractivity contribution in [2.45, 2.75) is 99.8 Å². The number of benzene rings is 4. The third kappa shape index (κ3) is 15.4. The van der Waals surface area contributed by atoms with Crippen LogP contribution in [0.2, 0.25) is 5.02 Å². The minimum Gasteiger partial charge on any atom is -0.465 e. The summed E-state index contributed by atoms with van der Waals surface area (Å²) >= 11 is 5.72. The lowest BCUT2D eigenvalue weighted by Gasteiger charge is -2.14. The van der Waals surface area contributed by atoms with Gasteiger partial charge in [0.1, 0.15) is 6.61 Å². The predicted molar refractivity (Wildman–Crippen MR) is 204 cm³/mol. The van der Waals surface area contributed by atoms with E-state index in [1.54, 1.807) is 0 Å². The van der Waals surface area contributed by atoms with E-state index in [1.807, 2.05) is 12.1 Å². The average Bonchev–Trinajstić information content (AvgIpc) is 3.34. The van der Waals surface area contributed by atoms with Crippen LogP contribution in [0.1, 0.15) is 116 Å². The molecule has 0 unspecified atom stereocenters. The third-order valence-electron chi connectivity index (χ3n) is 7.56. The van der Waals surface area contributed by atoms with Gasteiger partial charge in [0.2, 0.25) is 0 Å². The van der Waals surface area contributed by atoms with Crippen molar-refractivity contribution in [1.29, 1.82) is 0 Å². The van der Waals surface area contributed by atoms with Crippen LogP contribution in [0.15, 0.2) is 103 Å². The zero-order chi connectivity index (χ0) is 34.8. The van der Waals surface area contributed by atoms with E-state index >= 15 is 0 Å². The standard InChI is InChI=1S/C21H24O2.C10H14.C9H11Cl.C4H10/c1-15(2)8-7-13-21(22)23-14-20-18-11-5-3-9-16(18)17-10-4-6-12-19(17)20;1-9(2)8-10-6-4-3-5-7-10;1-7(2)8-3-5-9(10)6-4-8;1-4(2)3/h3-6,9-12,15,20H,7-8,13-14H2,1-2H3;3-7,9H,8H2,1-2H3;3-7H,1-2H3;4H,1-3H3. The molecule has 0 amide bonds. The molecule has 0 bridgehead atoms. The number of fused-ring (bicyclic) bond motifs is 3. The Morgan fingerprint density at radius 3 is 1.62 bits per heavy atom. The number of esters is 1. The highest BCUT2D eigenvalue weighted by molar-refractivity contribution is 6.30. The van der Waals surface area contributed by atoms with Gasteiger partial charge < -0.3 is 4.74 Å². The van der Waals surface area contributed by atoms with Gasteiger partial charge in [0.15, 0.2) is 0 Å². The van der Waals surface area contributed by atoms with Crippen LogP contribution < -0.4 is 0 Å². The van der Waals surface area contributed by atoms with Crippen molar-refractivity contribution in [3.63, 3.8) is 0 Å². The van der Waals surface area contributed by atoms with E-state index in [-0.39, 0.29) is 11.9 Å². The van der Waals surface area contributed by atoms with Crippen molar-refractivity contribution < 1.29 is 9.53 Å². The molecule has 2 nitrogen and oxygen atoms in total. The highest BCUT2D eigenvalue weighted by Gasteiger charge is 2.28. The molecule has 0 aliphatic heterocycles. The number of ether oxygens (including phenoxy) is 1. The second-order valence-corrected chi connectivity index (χ2v) is 14.7. The van der Waals surface area contributed by atoms with Gasteiger partial charge in [-0.3, -0.25) is 4.79 Å². The smallest absolute Gasteiger partial charge is 0.305 e. The summed E-state index contributed by atoms with van der Waals surface area (Å²) in [5.74, 6) is 2.92. The molecule has 254 valence electrons. The van der Waals surface area contributed by atoms with Gasteiger partial charge in [0, 0.05) is 17.4 Å². The van der Waals surface area contributed by atoms with E-state index in [0.29, 0.717) is 24.9 Å². The predicted octanol–water partition coefficient (Wildman–Crippen LogP) is 13.2. The quantitative estimate of drug-likeness (QED) is 0.168. The van der Waals surface area contributed by atoms with Gasteiger partial charge in [-0.15, -0.1) is 0 Å². The monoisotopic (exact) mass is 654 g/mol. The Morgan fingerprint density at radius 1 is 0.660 bits per heavy atom. The molecule has 0 N–H and O–H groups in total. The molecule has 1 aliphatic rings. The van der Waals surface area contributed by atoms with Crippen LogP contribution in [0.25, 0.3) is 11.1 Å². The van der Waals surface area contributed by atoms with Crippen molar-refractivity contribution >= 4 is 17.6 Å². The minimum absolute atomic E-state index is 0.0764. The SMILES string of the molecule is CC(C)C.CC(C)CCCC(=O)OCC1c2ccccc2-c2ccccc21.CC(C)Cc1ccccc1.CC(C)c1ccc(Cl)cc1. The van der Waals surface area contributed by atoms with Gasteiger partial charge in [0.05, 0.1) is 0 Å². The highest BCUT2D eigenvalue weighted by atomic mass is 35.5. The number of carbonyl (C=O) groups excluding carboxylic acids is 1. The van der Waals surface area contributed by atoms with E-state index in [1.165, 1.54) is 39.8 Å². The first-order valence-corrected chi connectivity index (χ1v) is 17.9. The maximum atomic E-state index is 12.0. The number of hydrogen-bond acceptors (Lipinski definition) is 2. The normalized spacial score (nSPS) is 11.5. The molecule has 3 heteroatoms. The summed E-state index contributed by atoms with van der Waals surface area (Å²) in [6, 6.07) is 35.4. The van der Waals surface area contributed by atoms with Crippen LogP contribution in [0.4, 0.5) is 0 Å². The average molecular weight is 655 g/mol. The Bertz CT molecular complexity index is 1370. The summed E-state index contributed by atoms with van der Waals surface area (Å²) < 4.78 is 5.58. The molecular formula is C44H59ClO2. The molecule has 0 aromatic heterocycles. The summed E-state index contributed by atoms with van der Waals surface area (Å²) in [4.78, 5) is 12.0. The van der Waals surface area contributed by atoms with Crippen LogP contribution >= 0.6 is 11.6 Å². The second-order valence-electron chi connectivity index (χ2n) is 14.2. The van der Waals surface area contributed by atoms with Crippen LogP contribution in [-0.4, -0.2) is 12.6 Å². The molecule has 0 heterocycles. The van der Waals surface area contributed by atoms with Gasteiger partial charge >= 0.3 is 5.97 Å². The summed E-state index contributed by atoms with van der Waals surface area (Å²) in [6.07, 6.45) is 3.70. The van der Waals surface area contributed by atoms with Crippen molar-refractivity contribution in [1.82, 2.24) is 0 Å². The molecule has 4 aromatic rings. The maximum Gasteiger partial charge on any atom is 0.305 e. The molecule has 0 saturated carbocycles. The Kier molecular flexibility index (Phi) is 18.2. The zero-order valence-electron chi connectivity index (χ0n) is 30.4. The number of carbonyl (C=O) groups is 1. The first-order valence-electron chi connectivity index (χ1n) is 17.5. The summed E-state index contributed by atoms with van der Waals surface area (Å²) in [7, 11) is 0. The molecule has 0 saturated heterocycles. The lowest BCUT2D eigenvalue weighted by atomic mass is 9.98. The highest BCUT2D eigenvalue weighted by Crippen LogP contribution is 2.44. The fourth-order valence-corrected chi connectivity index (χ4v) is 5.40. The van der Waals surface area contributed by atoms with Crippen LogP contribution in [0.5, 0.6) is 0 Å². The Labute approximate surface area is 291 Å². The number of hydrogen-bond donors (Lipinski definition) is 0. The summed E-state index contributed by atoms with van der Waals surface area (Å²) in [6.45, 7) is 20.1. The fraction of sp³-hybridized carbons (Fsp3) is 0.432. The van der Waals surface area contributed by atoms with Gasteiger partial charge in [-0.1, -0.05) is 171 Å². The fourth-order valence-electron chi connectivity index (χ4n) is 5.28. The van der Waals surface area contributed by atoms with Crippen molar-refractivity contribution in [3.8, 4) is 11.1 Å². The van der Waals surface area contributed by atoms with Crippen molar-refractivity contribution in [2.24, 2.45) is 17.8 Å². The van der Waals surface area contributed by atoms with Crippen LogP contribution in [-0.2, 0) is 16.0 Å². The van der Waals surface area contributed by atoms with E-state index in [4.69, 9.17) is 16.3 Å². The Balaban J connectivity index is 0.000000264. The maximum absolute atomic E-state index is 12.0. The van der Waals surface area contributed by atoms with Gasteiger partial charge in [-0.25, -0.2) is 0 Å². The zero-order valence-corrected chi connectivity index (χ0v) is 31.2. The molecule has 4 aromatic carbocycles. The first-order chi connectivity index (χ1) is 22.4.